The molecule has 0 fully saturated rings. The Morgan fingerprint density at radius 2 is 1.85 bits per heavy atom. The van der Waals surface area contributed by atoms with Gasteiger partial charge in [0.2, 0.25) is 5.91 Å². The second-order valence-corrected chi connectivity index (χ2v) is 5.68. The van der Waals surface area contributed by atoms with E-state index in [2.05, 4.69) is 10.3 Å². The number of rotatable bonds is 4. The Bertz CT molecular complexity index is 1010. The largest absolute Gasteiger partial charge is 0.431 e. The number of alkyl halides is 3. The van der Waals surface area contributed by atoms with E-state index in [0.29, 0.717) is 5.56 Å². The molecule has 1 aromatic heterocycles. The third kappa shape index (κ3) is 4.08. The van der Waals surface area contributed by atoms with Crippen LogP contribution in [0.5, 0.6) is 0 Å². The number of nitrogens with one attached hydrogen (secondary N) is 1. The molecule has 0 aliphatic heterocycles. The van der Waals surface area contributed by atoms with Crippen molar-refractivity contribution in [1.82, 2.24) is 14.6 Å². The van der Waals surface area contributed by atoms with Crippen LogP contribution in [0.4, 0.5) is 17.6 Å². The van der Waals surface area contributed by atoms with Gasteiger partial charge in [-0.05, 0) is 30.2 Å². The molecule has 0 aliphatic carbocycles. The van der Waals surface area contributed by atoms with E-state index >= 15 is 0 Å². The highest BCUT2D eigenvalue weighted by atomic mass is 19.4. The molecule has 2 rings (SSSR count). The molecule has 11 heteroatoms. The normalized spacial score (nSPS) is 11.5. The third-order valence-corrected chi connectivity index (χ3v) is 3.82. The zero-order chi connectivity index (χ0) is 20.5. The topological polar surface area (TPSA) is 82.3 Å². The molecular formula is C16H15F4N3O4. The molecule has 0 aliphatic rings. The van der Waals surface area contributed by atoms with E-state index in [4.69, 9.17) is 0 Å². The van der Waals surface area contributed by atoms with E-state index in [1.807, 2.05) is 0 Å². The molecule has 0 saturated carbocycles. The Labute approximate surface area is 149 Å². The van der Waals surface area contributed by atoms with Crippen LogP contribution in [-0.2, 0) is 29.3 Å². The smallest absolute Gasteiger partial charge is 0.292 e. The fourth-order valence-electron chi connectivity index (χ4n) is 2.51. The van der Waals surface area contributed by atoms with Crippen molar-refractivity contribution in [2.75, 3.05) is 7.11 Å². The van der Waals surface area contributed by atoms with Crippen molar-refractivity contribution in [1.29, 1.82) is 0 Å². The Balaban J connectivity index is 2.69. The first-order valence-electron chi connectivity index (χ1n) is 7.49. The van der Waals surface area contributed by atoms with Gasteiger partial charge in [0.05, 0.1) is 19.2 Å². The molecule has 2 aromatic rings. The molecule has 7 nitrogen and oxygen atoms in total. The molecule has 0 bridgehead atoms. The summed E-state index contributed by atoms with van der Waals surface area (Å²) >= 11 is 0. The van der Waals surface area contributed by atoms with Crippen molar-refractivity contribution in [2.45, 2.75) is 19.5 Å². The SMILES string of the molecule is CONC(=O)Cc1cc(-n2c(=O)cc(C(F)(F)F)n(C)c2=O)c(F)cc1C. The number of hydrogen-bond acceptors (Lipinski definition) is 4. The zero-order valence-electron chi connectivity index (χ0n) is 14.5. The maximum Gasteiger partial charge on any atom is 0.431 e. The number of carbonyl (C=O) groups excluding carboxylic acids is 1. The maximum atomic E-state index is 14.4. The number of carbonyl (C=O) groups is 1. The molecular weight excluding hydrogens is 374 g/mol. The molecule has 0 radical (unpaired) electrons. The van der Waals surface area contributed by atoms with E-state index in [1.165, 1.54) is 14.0 Å². The number of aryl methyl sites for hydroxylation is 1. The van der Waals surface area contributed by atoms with Gasteiger partial charge in [0.25, 0.3) is 5.56 Å². The van der Waals surface area contributed by atoms with Gasteiger partial charge in [0.15, 0.2) is 0 Å². The van der Waals surface area contributed by atoms with E-state index in [0.717, 1.165) is 19.2 Å². The standard InChI is InChI=1S/C16H15F4N3O4/c1-8-4-10(17)11(5-9(8)6-13(24)21-27-3)23-14(25)7-12(16(18,19)20)22(2)15(23)26/h4-5,7H,6H2,1-3H3,(H,21,24). The van der Waals surface area contributed by atoms with Gasteiger partial charge in [-0.2, -0.15) is 13.2 Å². The zero-order valence-corrected chi connectivity index (χ0v) is 14.5. The number of hydrogen-bond donors (Lipinski definition) is 1. The number of halogens is 4. The quantitative estimate of drug-likeness (QED) is 0.630. The van der Waals surface area contributed by atoms with E-state index in [9.17, 15) is 31.9 Å². The van der Waals surface area contributed by atoms with Crippen LogP contribution >= 0.6 is 0 Å². The molecule has 1 aromatic carbocycles. The van der Waals surface area contributed by atoms with Gasteiger partial charge < -0.3 is 0 Å². The van der Waals surface area contributed by atoms with Gasteiger partial charge in [-0.1, -0.05) is 0 Å². The van der Waals surface area contributed by atoms with Gasteiger partial charge >= 0.3 is 11.9 Å². The van der Waals surface area contributed by atoms with Crippen molar-refractivity contribution in [3.8, 4) is 5.69 Å². The summed E-state index contributed by atoms with van der Waals surface area (Å²) in [7, 11) is 2.03. The average Bonchev–Trinajstić information content (AvgIpc) is 2.54. The second kappa shape index (κ2) is 7.35. The van der Waals surface area contributed by atoms with Gasteiger partial charge in [-0.15, -0.1) is 0 Å². The number of aromatic nitrogens is 2. The van der Waals surface area contributed by atoms with Crippen molar-refractivity contribution in [3.05, 3.63) is 61.7 Å². The lowest BCUT2D eigenvalue weighted by atomic mass is 10.0. The van der Waals surface area contributed by atoms with Crippen LogP contribution in [0.1, 0.15) is 16.8 Å². The van der Waals surface area contributed by atoms with Crippen LogP contribution in [0.2, 0.25) is 0 Å². The number of nitrogens with zero attached hydrogens (tertiary/aromatic N) is 2. The molecule has 0 spiro atoms. The summed E-state index contributed by atoms with van der Waals surface area (Å²) in [6.45, 7) is 1.50. The predicted octanol–water partition coefficient (Wildman–Crippen LogP) is 1.22. The Kier molecular flexibility index (Phi) is 5.54. The summed E-state index contributed by atoms with van der Waals surface area (Å²) < 4.78 is 53.6. The monoisotopic (exact) mass is 389 g/mol. The van der Waals surface area contributed by atoms with Crippen molar-refractivity contribution < 1.29 is 27.2 Å². The maximum absolute atomic E-state index is 14.4. The van der Waals surface area contributed by atoms with Crippen molar-refractivity contribution in [3.63, 3.8) is 0 Å². The lowest BCUT2D eigenvalue weighted by molar-refractivity contribution is -0.144. The Hall–Kier alpha value is -2.95. The summed E-state index contributed by atoms with van der Waals surface area (Å²) in [5.74, 6) is -1.58. The highest BCUT2D eigenvalue weighted by Gasteiger charge is 2.35. The van der Waals surface area contributed by atoms with Gasteiger partial charge in [0.1, 0.15) is 11.5 Å². The molecule has 27 heavy (non-hydrogen) atoms. The minimum absolute atomic E-state index is 0.206. The summed E-state index contributed by atoms with van der Waals surface area (Å²) in [5, 5.41) is 0. The van der Waals surface area contributed by atoms with Crippen LogP contribution in [0.3, 0.4) is 0 Å². The summed E-state index contributed by atoms with van der Waals surface area (Å²) in [5.41, 5.74) is -2.07. The first kappa shape index (κ1) is 20.4. The summed E-state index contributed by atoms with van der Waals surface area (Å²) in [6, 6.07) is 2.25. The second-order valence-electron chi connectivity index (χ2n) is 5.68. The third-order valence-electron chi connectivity index (χ3n) is 3.82. The molecule has 146 valence electrons. The van der Waals surface area contributed by atoms with Crippen LogP contribution in [0, 0.1) is 12.7 Å². The van der Waals surface area contributed by atoms with E-state index in [1.54, 1.807) is 0 Å². The average molecular weight is 389 g/mol. The van der Waals surface area contributed by atoms with E-state index < -0.39 is 40.5 Å². The first-order valence-corrected chi connectivity index (χ1v) is 7.49. The van der Waals surface area contributed by atoms with Gasteiger partial charge in [0, 0.05) is 13.1 Å². The summed E-state index contributed by atoms with van der Waals surface area (Å²) in [6.07, 6.45) is -5.19. The fourth-order valence-corrected chi connectivity index (χ4v) is 2.51. The minimum atomic E-state index is -4.93. The highest BCUT2D eigenvalue weighted by Crippen LogP contribution is 2.27. The van der Waals surface area contributed by atoms with Crippen molar-refractivity contribution >= 4 is 5.91 Å². The predicted molar refractivity (Wildman–Crippen MR) is 85.8 cm³/mol. The number of benzene rings is 1. The van der Waals surface area contributed by atoms with Crippen LogP contribution in [0.15, 0.2) is 27.8 Å². The van der Waals surface area contributed by atoms with E-state index in [-0.39, 0.29) is 27.2 Å². The lowest BCUT2D eigenvalue weighted by Crippen LogP contribution is -2.41. The van der Waals surface area contributed by atoms with Crippen LogP contribution in [-0.4, -0.2) is 22.2 Å². The molecule has 0 atom stereocenters. The molecule has 1 amide bonds. The summed E-state index contributed by atoms with van der Waals surface area (Å²) in [4.78, 5) is 40.5. The Morgan fingerprint density at radius 1 is 1.22 bits per heavy atom. The number of hydroxylamine groups is 1. The van der Waals surface area contributed by atoms with Crippen LogP contribution < -0.4 is 16.7 Å². The highest BCUT2D eigenvalue weighted by molar-refractivity contribution is 5.78. The first-order chi connectivity index (χ1) is 12.5. The number of amides is 1. The molecule has 1 N–H and O–H groups in total. The minimum Gasteiger partial charge on any atom is -0.292 e. The van der Waals surface area contributed by atoms with Gasteiger partial charge in [-0.25, -0.2) is 19.2 Å². The van der Waals surface area contributed by atoms with Gasteiger partial charge in [-0.3, -0.25) is 19.0 Å². The molecule has 1 heterocycles. The Morgan fingerprint density at radius 3 is 2.41 bits per heavy atom. The van der Waals surface area contributed by atoms with Crippen LogP contribution in [0.25, 0.3) is 5.69 Å². The lowest BCUT2D eigenvalue weighted by Gasteiger charge is -2.15. The molecule has 0 unspecified atom stereocenters. The molecule has 0 saturated heterocycles. The fraction of sp³-hybridized carbons (Fsp3) is 0.312. The van der Waals surface area contributed by atoms with Crippen molar-refractivity contribution in [2.24, 2.45) is 7.05 Å².